The molecule has 5 atom stereocenters. The maximum atomic E-state index is 14.1. The van der Waals surface area contributed by atoms with Gasteiger partial charge >= 0.3 is 5.97 Å². The van der Waals surface area contributed by atoms with Gasteiger partial charge in [-0.15, -0.1) is 6.58 Å². The normalized spacial score (nSPS) is 32.7. The summed E-state index contributed by atoms with van der Waals surface area (Å²) in [5.41, 5.74) is -2.34. The van der Waals surface area contributed by atoms with Crippen molar-refractivity contribution in [3.05, 3.63) is 12.7 Å². The van der Waals surface area contributed by atoms with Gasteiger partial charge in [-0.2, -0.15) is 0 Å². The number of unbranched alkanes of at least 4 members (excludes halogenated alkanes) is 2. The predicted molar refractivity (Wildman–Crippen MR) is 123 cm³/mol. The number of esters is 1. The third kappa shape index (κ3) is 4.20. The van der Waals surface area contributed by atoms with Crippen molar-refractivity contribution in [2.24, 2.45) is 11.8 Å². The molecule has 2 unspecified atom stereocenters. The van der Waals surface area contributed by atoms with Crippen LogP contribution in [0.15, 0.2) is 12.7 Å². The van der Waals surface area contributed by atoms with E-state index in [9.17, 15) is 14.4 Å². The van der Waals surface area contributed by atoms with Crippen LogP contribution in [0, 0.1) is 11.8 Å². The Morgan fingerprint density at radius 2 is 2.00 bits per heavy atom. The van der Waals surface area contributed by atoms with E-state index in [1.165, 1.54) is 0 Å². The molecule has 0 aromatic carbocycles. The Labute approximate surface area is 197 Å². The summed E-state index contributed by atoms with van der Waals surface area (Å²) >= 11 is 0. The van der Waals surface area contributed by atoms with Gasteiger partial charge in [-0.25, -0.2) is 0 Å². The highest BCUT2D eigenvalue weighted by Gasteiger charge is 2.78. The molecule has 3 aliphatic rings. The number of amides is 2. The smallest absolute Gasteiger partial charge is 0.312 e. The maximum absolute atomic E-state index is 14.1. The summed E-state index contributed by atoms with van der Waals surface area (Å²) in [6, 6.07) is -0.801. The number of ether oxygens (including phenoxy) is 2. The average molecular weight is 465 g/mol. The highest BCUT2D eigenvalue weighted by Crippen LogP contribution is 2.63. The van der Waals surface area contributed by atoms with E-state index in [1.807, 2.05) is 27.7 Å². The molecule has 3 heterocycles. The van der Waals surface area contributed by atoms with Gasteiger partial charge < -0.3 is 24.4 Å². The van der Waals surface area contributed by atoms with Crippen LogP contribution in [0.3, 0.4) is 0 Å². The molecule has 0 saturated carbocycles. The van der Waals surface area contributed by atoms with Gasteiger partial charge in [-0.3, -0.25) is 14.4 Å². The van der Waals surface area contributed by atoms with E-state index in [0.29, 0.717) is 38.8 Å². The van der Waals surface area contributed by atoms with E-state index in [-0.39, 0.29) is 25.0 Å². The second-order valence-corrected chi connectivity index (χ2v) is 10.7. The lowest BCUT2D eigenvalue weighted by Gasteiger charge is -2.42. The largest absolute Gasteiger partial charge is 0.466 e. The van der Waals surface area contributed by atoms with Crippen LogP contribution in [-0.2, 0) is 23.9 Å². The molecular weight excluding hydrogens is 424 g/mol. The van der Waals surface area contributed by atoms with Gasteiger partial charge in [0, 0.05) is 25.2 Å². The van der Waals surface area contributed by atoms with Crippen LogP contribution >= 0.6 is 0 Å². The molecule has 2 amide bonds. The van der Waals surface area contributed by atoms with E-state index < -0.39 is 40.6 Å². The number of fused-ring (bicyclic) bond motifs is 1. The number of rotatable bonds is 10. The van der Waals surface area contributed by atoms with Gasteiger partial charge in [0.2, 0.25) is 11.8 Å². The Hall–Kier alpha value is -1.93. The Kier molecular flexibility index (Phi) is 7.30. The number of aliphatic hydroxyl groups is 1. The highest BCUT2D eigenvalue weighted by atomic mass is 16.6. The molecule has 3 saturated heterocycles. The van der Waals surface area contributed by atoms with Crippen molar-refractivity contribution >= 4 is 17.8 Å². The number of nitrogens with zero attached hydrogens (tertiary/aromatic N) is 2. The van der Waals surface area contributed by atoms with Gasteiger partial charge in [-0.05, 0) is 66.7 Å². The molecule has 33 heavy (non-hydrogen) atoms. The SMILES string of the molecule is C=CCN(C(=O)C1N(CCCCCO)C(=O)[C@@H]2[C@@H](C(=O)OCC)[C@@]3(C)CCC12O3)C(C)(C)C. The minimum atomic E-state index is -1.04. The van der Waals surface area contributed by atoms with Crippen molar-refractivity contribution in [1.82, 2.24) is 9.80 Å². The molecular formula is C25H40N2O6. The maximum Gasteiger partial charge on any atom is 0.312 e. The van der Waals surface area contributed by atoms with Crippen LogP contribution in [0.2, 0.25) is 0 Å². The summed E-state index contributed by atoms with van der Waals surface area (Å²) < 4.78 is 11.9. The molecule has 3 rings (SSSR count). The minimum absolute atomic E-state index is 0.0897. The first-order valence-electron chi connectivity index (χ1n) is 12.2. The summed E-state index contributed by atoms with van der Waals surface area (Å²) in [6.45, 7) is 14.4. The quantitative estimate of drug-likeness (QED) is 0.303. The monoisotopic (exact) mass is 464 g/mol. The standard InChI is InChI=1S/C25H40N2O6/c1-7-14-27(23(3,4)5)21(30)19-25-13-12-24(6,33-25)18(22(31)32-8-2)17(25)20(29)26(19)15-10-9-11-16-28/h7,17-19,28H,1,8-16H2,2-6H3/t17-,18-,19?,24+,25?/m0/s1. The summed E-state index contributed by atoms with van der Waals surface area (Å²) in [5.74, 6) is -2.25. The summed E-state index contributed by atoms with van der Waals surface area (Å²) in [4.78, 5) is 44.3. The molecule has 0 aromatic rings. The molecule has 2 bridgehead atoms. The first-order chi connectivity index (χ1) is 15.5. The topological polar surface area (TPSA) is 96.4 Å². The summed E-state index contributed by atoms with van der Waals surface area (Å²) in [5, 5.41) is 9.14. The van der Waals surface area contributed by atoms with Gasteiger partial charge in [-0.1, -0.05) is 6.08 Å². The van der Waals surface area contributed by atoms with Crippen molar-refractivity contribution in [1.29, 1.82) is 0 Å². The molecule has 186 valence electrons. The molecule has 3 fully saturated rings. The fraction of sp³-hybridized carbons (Fsp3) is 0.800. The molecule has 8 nitrogen and oxygen atoms in total. The lowest BCUT2D eigenvalue weighted by atomic mass is 9.66. The van der Waals surface area contributed by atoms with Crippen LogP contribution in [0.5, 0.6) is 0 Å². The number of carbonyl (C=O) groups is 3. The van der Waals surface area contributed by atoms with Crippen molar-refractivity contribution < 1.29 is 29.0 Å². The zero-order valence-corrected chi connectivity index (χ0v) is 20.8. The summed E-state index contributed by atoms with van der Waals surface area (Å²) in [7, 11) is 0. The Morgan fingerprint density at radius 3 is 2.58 bits per heavy atom. The number of carbonyl (C=O) groups excluding carboxylic acids is 3. The van der Waals surface area contributed by atoms with Gasteiger partial charge in [0.1, 0.15) is 17.6 Å². The van der Waals surface area contributed by atoms with Gasteiger partial charge in [0.05, 0.1) is 18.1 Å². The lowest BCUT2D eigenvalue weighted by Crippen LogP contribution is -2.60. The highest BCUT2D eigenvalue weighted by molar-refractivity contribution is 5.98. The average Bonchev–Trinajstić information content (AvgIpc) is 3.29. The fourth-order valence-corrected chi connectivity index (χ4v) is 6.08. The first kappa shape index (κ1) is 25.7. The van der Waals surface area contributed by atoms with E-state index in [1.54, 1.807) is 22.8 Å². The predicted octanol–water partition coefficient (Wildman–Crippen LogP) is 2.29. The fourth-order valence-electron chi connectivity index (χ4n) is 6.08. The second-order valence-electron chi connectivity index (χ2n) is 10.7. The third-order valence-electron chi connectivity index (χ3n) is 7.50. The summed E-state index contributed by atoms with van der Waals surface area (Å²) in [6.07, 6.45) is 4.88. The van der Waals surface area contributed by atoms with Crippen LogP contribution < -0.4 is 0 Å². The van der Waals surface area contributed by atoms with Gasteiger partial charge in [0.25, 0.3) is 0 Å². The Bertz CT molecular complexity index is 792. The van der Waals surface area contributed by atoms with Crippen molar-refractivity contribution in [2.45, 2.75) is 89.5 Å². The Morgan fingerprint density at radius 1 is 1.30 bits per heavy atom. The van der Waals surface area contributed by atoms with Crippen molar-refractivity contribution in [3.8, 4) is 0 Å². The Balaban J connectivity index is 2.04. The zero-order chi connectivity index (χ0) is 24.6. The second kappa shape index (κ2) is 9.37. The minimum Gasteiger partial charge on any atom is -0.466 e. The number of hydrogen-bond donors (Lipinski definition) is 1. The van der Waals surface area contributed by atoms with Crippen LogP contribution in [0.4, 0.5) is 0 Å². The van der Waals surface area contributed by atoms with Crippen molar-refractivity contribution in [3.63, 3.8) is 0 Å². The molecule has 1 spiro atoms. The van der Waals surface area contributed by atoms with E-state index >= 15 is 0 Å². The van der Waals surface area contributed by atoms with E-state index in [0.717, 1.165) is 6.42 Å². The number of hydrogen-bond acceptors (Lipinski definition) is 6. The van der Waals surface area contributed by atoms with E-state index in [4.69, 9.17) is 14.6 Å². The van der Waals surface area contributed by atoms with E-state index in [2.05, 4.69) is 6.58 Å². The van der Waals surface area contributed by atoms with Gasteiger partial charge in [0.15, 0.2) is 0 Å². The zero-order valence-electron chi connectivity index (χ0n) is 20.8. The third-order valence-corrected chi connectivity index (χ3v) is 7.50. The molecule has 3 aliphatic heterocycles. The van der Waals surface area contributed by atoms with Crippen LogP contribution in [0.1, 0.15) is 66.7 Å². The van der Waals surface area contributed by atoms with Crippen molar-refractivity contribution in [2.75, 3.05) is 26.3 Å². The lowest BCUT2D eigenvalue weighted by molar-refractivity contribution is -0.160. The first-order valence-corrected chi connectivity index (χ1v) is 12.2. The molecule has 8 heteroatoms. The number of likely N-dealkylation sites (tertiary alicyclic amines) is 1. The van der Waals surface area contributed by atoms with Crippen LogP contribution in [-0.4, -0.2) is 81.8 Å². The van der Waals surface area contributed by atoms with Crippen LogP contribution in [0.25, 0.3) is 0 Å². The molecule has 0 aromatic heterocycles. The molecule has 0 aliphatic carbocycles. The number of aliphatic hydroxyl groups excluding tert-OH is 1. The molecule has 0 radical (unpaired) electrons. The molecule has 1 N–H and O–H groups in total.